The van der Waals surface area contributed by atoms with E-state index in [1.54, 1.807) is 0 Å². The molecule has 0 unspecified atom stereocenters. The fourth-order valence-corrected chi connectivity index (χ4v) is 3.09. The highest BCUT2D eigenvalue weighted by molar-refractivity contribution is 5.93. The number of carbonyl (C=O) groups excluding carboxylic acids is 1. The molecule has 3 aromatic carbocycles. The number of para-hydroxylation sites is 1. The second-order valence-electron chi connectivity index (χ2n) is 6.83. The van der Waals surface area contributed by atoms with E-state index in [2.05, 4.69) is 10.3 Å². The van der Waals surface area contributed by atoms with Gasteiger partial charge in [-0.15, -0.1) is 0 Å². The predicted molar refractivity (Wildman–Crippen MR) is 114 cm³/mol. The maximum absolute atomic E-state index is 12.2. The minimum Gasteiger partial charge on any atom is -0.494 e. The standard InChI is InChI=1S/C24H22N2O3/c1-17-8-5-6-11-20(17)24-26-21-14-13-18(16-22(21)29-24)25-23(27)12-7-15-28-19-9-3-2-4-10-19/h2-6,8-11,13-14,16H,7,12,15H2,1H3,(H,25,27). The average molecular weight is 386 g/mol. The summed E-state index contributed by atoms with van der Waals surface area (Å²) in [6.07, 6.45) is 1.03. The molecule has 0 bridgehead atoms. The first-order valence-electron chi connectivity index (χ1n) is 9.63. The highest BCUT2D eigenvalue weighted by Gasteiger charge is 2.11. The average Bonchev–Trinajstić information content (AvgIpc) is 3.15. The monoisotopic (exact) mass is 386 g/mol. The summed E-state index contributed by atoms with van der Waals surface area (Å²) in [5.41, 5.74) is 4.17. The van der Waals surface area contributed by atoms with Crippen molar-refractivity contribution in [1.82, 2.24) is 4.98 Å². The van der Waals surface area contributed by atoms with Gasteiger partial charge in [0.25, 0.3) is 0 Å². The summed E-state index contributed by atoms with van der Waals surface area (Å²) in [6.45, 7) is 2.52. The van der Waals surface area contributed by atoms with Gasteiger partial charge in [0.15, 0.2) is 5.58 Å². The lowest BCUT2D eigenvalue weighted by Gasteiger charge is -2.07. The molecule has 5 nitrogen and oxygen atoms in total. The van der Waals surface area contributed by atoms with E-state index < -0.39 is 0 Å². The molecule has 0 spiro atoms. The summed E-state index contributed by atoms with van der Waals surface area (Å²) in [5.74, 6) is 1.34. The van der Waals surface area contributed by atoms with Crippen LogP contribution >= 0.6 is 0 Å². The van der Waals surface area contributed by atoms with Crippen LogP contribution in [-0.4, -0.2) is 17.5 Å². The van der Waals surface area contributed by atoms with Crippen LogP contribution in [0.2, 0.25) is 0 Å². The molecule has 4 rings (SSSR count). The number of hydrogen-bond acceptors (Lipinski definition) is 4. The summed E-state index contributed by atoms with van der Waals surface area (Å²) < 4.78 is 11.5. The van der Waals surface area contributed by atoms with Crippen molar-refractivity contribution >= 4 is 22.7 Å². The van der Waals surface area contributed by atoms with Crippen LogP contribution in [0.25, 0.3) is 22.6 Å². The number of rotatable bonds is 7. The van der Waals surface area contributed by atoms with Crippen LogP contribution in [-0.2, 0) is 4.79 Å². The zero-order valence-electron chi connectivity index (χ0n) is 16.2. The second kappa shape index (κ2) is 8.61. The number of nitrogens with zero attached hydrogens (tertiary/aromatic N) is 1. The van der Waals surface area contributed by atoms with Gasteiger partial charge >= 0.3 is 0 Å². The van der Waals surface area contributed by atoms with Gasteiger partial charge in [-0.3, -0.25) is 4.79 Å². The lowest BCUT2D eigenvalue weighted by atomic mass is 10.1. The highest BCUT2D eigenvalue weighted by atomic mass is 16.5. The van der Waals surface area contributed by atoms with Crippen molar-refractivity contribution in [2.45, 2.75) is 19.8 Å². The van der Waals surface area contributed by atoms with Crippen LogP contribution in [0.3, 0.4) is 0 Å². The van der Waals surface area contributed by atoms with E-state index in [-0.39, 0.29) is 5.91 Å². The summed E-state index contributed by atoms with van der Waals surface area (Å²) in [4.78, 5) is 16.8. The van der Waals surface area contributed by atoms with E-state index in [1.165, 1.54) is 0 Å². The molecule has 0 aliphatic heterocycles. The van der Waals surface area contributed by atoms with Gasteiger partial charge in [-0.05, 0) is 49.2 Å². The molecule has 29 heavy (non-hydrogen) atoms. The maximum Gasteiger partial charge on any atom is 0.227 e. The van der Waals surface area contributed by atoms with Gasteiger partial charge in [0, 0.05) is 23.7 Å². The Morgan fingerprint density at radius 2 is 1.83 bits per heavy atom. The van der Waals surface area contributed by atoms with Crippen LogP contribution in [0.1, 0.15) is 18.4 Å². The number of amides is 1. The second-order valence-corrected chi connectivity index (χ2v) is 6.83. The number of nitrogens with one attached hydrogen (secondary N) is 1. The van der Waals surface area contributed by atoms with E-state index in [9.17, 15) is 4.79 Å². The molecule has 0 aliphatic carbocycles. The molecule has 0 atom stereocenters. The first-order valence-corrected chi connectivity index (χ1v) is 9.63. The molecule has 1 aromatic heterocycles. The summed E-state index contributed by atoms with van der Waals surface area (Å²) >= 11 is 0. The van der Waals surface area contributed by atoms with E-state index >= 15 is 0 Å². The number of aromatic nitrogens is 1. The number of ether oxygens (including phenoxy) is 1. The van der Waals surface area contributed by atoms with Gasteiger partial charge in [0.2, 0.25) is 11.8 Å². The number of fused-ring (bicyclic) bond motifs is 1. The fourth-order valence-electron chi connectivity index (χ4n) is 3.09. The van der Waals surface area contributed by atoms with Crippen molar-refractivity contribution in [3.63, 3.8) is 0 Å². The molecule has 0 fully saturated rings. The number of benzene rings is 3. The Morgan fingerprint density at radius 3 is 2.66 bits per heavy atom. The van der Waals surface area contributed by atoms with Crippen molar-refractivity contribution in [2.75, 3.05) is 11.9 Å². The Morgan fingerprint density at radius 1 is 1.03 bits per heavy atom. The van der Waals surface area contributed by atoms with E-state index in [1.807, 2.05) is 79.7 Å². The number of oxazole rings is 1. The Bertz CT molecular complexity index is 1120. The highest BCUT2D eigenvalue weighted by Crippen LogP contribution is 2.28. The van der Waals surface area contributed by atoms with Crippen LogP contribution in [0.15, 0.2) is 77.2 Å². The zero-order valence-corrected chi connectivity index (χ0v) is 16.2. The van der Waals surface area contributed by atoms with Gasteiger partial charge in [0.1, 0.15) is 11.3 Å². The molecule has 0 saturated heterocycles. The van der Waals surface area contributed by atoms with Crippen LogP contribution in [0, 0.1) is 6.92 Å². The van der Waals surface area contributed by atoms with Gasteiger partial charge in [0.05, 0.1) is 6.61 Å². The summed E-state index contributed by atoms with van der Waals surface area (Å²) in [7, 11) is 0. The molecule has 1 amide bonds. The smallest absolute Gasteiger partial charge is 0.227 e. The van der Waals surface area contributed by atoms with E-state index in [0.29, 0.717) is 36.6 Å². The van der Waals surface area contributed by atoms with Gasteiger partial charge in [-0.2, -0.15) is 0 Å². The molecule has 1 heterocycles. The normalized spacial score (nSPS) is 10.8. The molecule has 5 heteroatoms. The molecular weight excluding hydrogens is 364 g/mol. The van der Waals surface area contributed by atoms with Crippen molar-refractivity contribution in [2.24, 2.45) is 0 Å². The number of anilines is 1. The molecular formula is C24H22N2O3. The van der Waals surface area contributed by atoms with Crippen molar-refractivity contribution < 1.29 is 13.9 Å². The molecule has 0 aliphatic rings. The minimum atomic E-state index is -0.0559. The Balaban J connectivity index is 1.35. The molecule has 4 aromatic rings. The lowest BCUT2D eigenvalue weighted by molar-refractivity contribution is -0.116. The van der Waals surface area contributed by atoms with Crippen molar-refractivity contribution in [3.05, 3.63) is 78.4 Å². The van der Waals surface area contributed by atoms with Gasteiger partial charge in [-0.25, -0.2) is 4.98 Å². The SMILES string of the molecule is Cc1ccccc1-c1nc2ccc(NC(=O)CCCOc3ccccc3)cc2o1. The third kappa shape index (κ3) is 4.63. The van der Waals surface area contributed by atoms with Crippen LogP contribution in [0.4, 0.5) is 5.69 Å². The Kier molecular flexibility index (Phi) is 5.56. The summed E-state index contributed by atoms with van der Waals surface area (Å²) in [5, 5.41) is 2.91. The Labute approximate surface area is 169 Å². The largest absolute Gasteiger partial charge is 0.494 e. The quantitative estimate of drug-likeness (QED) is 0.420. The zero-order chi connectivity index (χ0) is 20.1. The number of hydrogen-bond donors (Lipinski definition) is 1. The predicted octanol–water partition coefficient (Wildman–Crippen LogP) is 5.60. The third-order valence-electron chi connectivity index (χ3n) is 4.61. The minimum absolute atomic E-state index is 0.0559. The van der Waals surface area contributed by atoms with Crippen molar-refractivity contribution in [3.8, 4) is 17.2 Å². The Hall–Kier alpha value is -3.60. The third-order valence-corrected chi connectivity index (χ3v) is 4.61. The first kappa shape index (κ1) is 18.7. The van der Waals surface area contributed by atoms with Crippen LogP contribution < -0.4 is 10.1 Å². The van der Waals surface area contributed by atoms with Crippen molar-refractivity contribution in [1.29, 1.82) is 0 Å². The number of aryl methyl sites for hydroxylation is 1. The summed E-state index contributed by atoms with van der Waals surface area (Å²) in [6, 6.07) is 23.0. The topological polar surface area (TPSA) is 64.4 Å². The van der Waals surface area contributed by atoms with Crippen LogP contribution in [0.5, 0.6) is 5.75 Å². The molecule has 0 radical (unpaired) electrons. The maximum atomic E-state index is 12.2. The van der Waals surface area contributed by atoms with E-state index in [0.717, 1.165) is 22.4 Å². The number of carbonyl (C=O) groups is 1. The molecule has 1 N–H and O–H groups in total. The molecule has 146 valence electrons. The first-order chi connectivity index (χ1) is 14.2. The van der Waals surface area contributed by atoms with Gasteiger partial charge < -0.3 is 14.5 Å². The van der Waals surface area contributed by atoms with Gasteiger partial charge in [-0.1, -0.05) is 36.4 Å². The lowest BCUT2D eigenvalue weighted by Crippen LogP contribution is -2.12. The fraction of sp³-hybridized carbons (Fsp3) is 0.167. The van der Waals surface area contributed by atoms with E-state index in [4.69, 9.17) is 9.15 Å². The molecule has 0 saturated carbocycles.